The van der Waals surface area contributed by atoms with E-state index in [4.69, 9.17) is 24.7 Å². The van der Waals surface area contributed by atoms with Gasteiger partial charge in [0, 0.05) is 23.6 Å². The smallest absolute Gasteiger partial charge is 0.461 e. The van der Waals surface area contributed by atoms with E-state index in [-0.39, 0.29) is 36.2 Å². The quantitative estimate of drug-likeness (QED) is 0.119. The Labute approximate surface area is 249 Å². The molecule has 3 N–H and O–H groups in total. The summed E-state index contributed by atoms with van der Waals surface area (Å²) in [7, 11) is 0. The summed E-state index contributed by atoms with van der Waals surface area (Å²) >= 11 is 2.44. The van der Waals surface area contributed by atoms with Crippen molar-refractivity contribution in [2.75, 3.05) is 18.1 Å². The minimum Gasteiger partial charge on any atom is -0.461 e. The third-order valence-corrected chi connectivity index (χ3v) is 8.68. The van der Waals surface area contributed by atoms with Crippen molar-refractivity contribution in [3.05, 3.63) is 22.3 Å². The molecule has 42 heavy (non-hydrogen) atoms. The van der Waals surface area contributed by atoms with E-state index in [1.807, 2.05) is 0 Å². The third-order valence-electron chi connectivity index (χ3n) is 6.62. The lowest BCUT2D eigenvalue weighted by Crippen LogP contribution is -2.70. The van der Waals surface area contributed by atoms with Crippen molar-refractivity contribution in [3.63, 3.8) is 0 Å². The Morgan fingerprint density at radius 1 is 1.17 bits per heavy atom. The number of aromatic nitrogens is 1. The highest BCUT2D eigenvalue weighted by Gasteiger charge is 2.54. The van der Waals surface area contributed by atoms with Gasteiger partial charge in [-0.3, -0.25) is 24.1 Å². The summed E-state index contributed by atoms with van der Waals surface area (Å²) in [6.45, 7) is 2.19. The van der Waals surface area contributed by atoms with Gasteiger partial charge in [0.1, 0.15) is 42.0 Å². The Balaban J connectivity index is 1.42. The molecule has 1 saturated heterocycles. The number of nitrogens with one attached hydrogen (secondary N) is 1. The lowest BCUT2D eigenvalue weighted by molar-refractivity contribution is -0.170. The van der Waals surface area contributed by atoms with Gasteiger partial charge in [-0.25, -0.2) is 14.6 Å². The molecule has 0 bridgehead atoms. The van der Waals surface area contributed by atoms with Crippen LogP contribution in [-0.4, -0.2) is 81.7 Å². The number of β-lactam (4-membered cyclic amide) rings is 1. The van der Waals surface area contributed by atoms with Gasteiger partial charge in [0.2, 0.25) is 12.2 Å². The lowest BCUT2D eigenvalue weighted by Gasteiger charge is -2.49. The maximum absolute atomic E-state index is 13.3. The second-order valence-electron chi connectivity index (χ2n) is 10.0. The van der Waals surface area contributed by atoms with Crippen LogP contribution in [0.5, 0.6) is 0 Å². The average Bonchev–Trinajstić information content (AvgIpc) is 3.33. The Hall–Kier alpha value is -3.66. The number of fused-ring (bicyclic) bond motifs is 1. The molecule has 0 spiro atoms. The number of amides is 2. The van der Waals surface area contributed by atoms with Gasteiger partial charge in [-0.15, -0.1) is 23.1 Å². The predicted octanol–water partition coefficient (Wildman–Crippen LogP) is 1.82. The number of carbonyl (C=O) groups is 6. The first-order chi connectivity index (χ1) is 20.0. The Morgan fingerprint density at radius 3 is 2.57 bits per heavy atom. The van der Waals surface area contributed by atoms with E-state index in [2.05, 4.69) is 10.3 Å². The van der Waals surface area contributed by atoms with Crippen LogP contribution in [0.25, 0.3) is 0 Å². The number of thioether (sulfide) groups is 1. The van der Waals surface area contributed by atoms with Gasteiger partial charge in [0.25, 0.3) is 5.91 Å². The molecule has 1 unspecified atom stereocenters. The molecule has 0 radical (unpaired) electrons. The molecule has 2 aliphatic heterocycles. The second-order valence-corrected chi connectivity index (χ2v) is 12.0. The first kappa shape index (κ1) is 31.3. The number of rotatable bonds is 11. The molecule has 1 aliphatic carbocycles. The number of nitrogen functional groups attached to an aromatic ring is 1. The van der Waals surface area contributed by atoms with Crippen molar-refractivity contribution < 1.29 is 47.7 Å². The summed E-state index contributed by atoms with van der Waals surface area (Å²) in [6.07, 6.45) is 1.31. The summed E-state index contributed by atoms with van der Waals surface area (Å²) in [4.78, 5) is 79.7. The van der Waals surface area contributed by atoms with Crippen molar-refractivity contribution in [3.8, 4) is 0 Å². The van der Waals surface area contributed by atoms with E-state index < -0.39 is 59.8 Å². The van der Waals surface area contributed by atoms with Gasteiger partial charge < -0.3 is 30.0 Å². The number of nitrogens with two attached hydrogens (primary N) is 1. The second kappa shape index (κ2) is 14.0. The van der Waals surface area contributed by atoms with E-state index in [0.717, 1.165) is 37.0 Å². The fraction of sp³-hybridized carbons (Fsp3) is 0.577. The van der Waals surface area contributed by atoms with Gasteiger partial charge in [0.05, 0.1) is 12.1 Å². The highest BCUT2D eigenvalue weighted by atomic mass is 32.2. The topological polar surface area (TPSA) is 194 Å². The van der Waals surface area contributed by atoms with Crippen LogP contribution in [0.15, 0.2) is 16.7 Å². The largest absolute Gasteiger partial charge is 0.511 e. The zero-order chi connectivity index (χ0) is 30.4. The zero-order valence-electron chi connectivity index (χ0n) is 23.1. The maximum Gasteiger partial charge on any atom is 0.511 e. The van der Waals surface area contributed by atoms with Crippen LogP contribution in [0.4, 0.5) is 9.93 Å². The molecule has 3 atom stereocenters. The molecular formula is C26H32N4O10S2. The predicted molar refractivity (Wildman–Crippen MR) is 149 cm³/mol. The van der Waals surface area contributed by atoms with Crippen LogP contribution >= 0.6 is 23.1 Å². The number of esters is 2. The van der Waals surface area contributed by atoms with Crippen LogP contribution in [-0.2, 0) is 49.3 Å². The molecule has 4 rings (SSSR count). The lowest BCUT2D eigenvalue weighted by atomic mass is 9.98. The van der Waals surface area contributed by atoms with Crippen molar-refractivity contribution in [1.82, 2.24) is 15.2 Å². The third kappa shape index (κ3) is 8.00. The highest BCUT2D eigenvalue weighted by Crippen LogP contribution is 2.41. The van der Waals surface area contributed by atoms with Gasteiger partial charge in [-0.2, -0.15) is 0 Å². The fourth-order valence-corrected chi connectivity index (χ4v) is 6.60. The Morgan fingerprint density at radius 2 is 1.90 bits per heavy atom. The molecule has 2 fully saturated rings. The molecule has 3 aliphatic rings. The van der Waals surface area contributed by atoms with Crippen LogP contribution in [0.3, 0.4) is 0 Å². The van der Waals surface area contributed by atoms with E-state index in [1.165, 1.54) is 36.9 Å². The molecule has 1 aromatic rings. The van der Waals surface area contributed by atoms with Crippen molar-refractivity contribution in [2.45, 2.75) is 82.6 Å². The van der Waals surface area contributed by atoms with Gasteiger partial charge >= 0.3 is 18.1 Å². The molecule has 1 saturated carbocycles. The number of ether oxygens (including phenoxy) is 4. The van der Waals surface area contributed by atoms with Crippen LogP contribution in [0.1, 0.15) is 58.1 Å². The van der Waals surface area contributed by atoms with Gasteiger partial charge in [0.15, 0.2) is 5.13 Å². The molecule has 14 nitrogen and oxygen atoms in total. The SMILES string of the molecule is CC(=O)CC(=O)OCC1=C(C(=O)OC(C)OC(=O)OC2CCCCC2)N2C(=O)[C@@H](NC(=O)Cc3csc(N)n3)[C@@H]2SC1. The number of Topliss-reactive ketones (excluding diaryl/α,β-unsaturated/α-hetero) is 1. The van der Waals surface area contributed by atoms with Crippen LogP contribution < -0.4 is 11.1 Å². The minimum atomic E-state index is -1.35. The number of hydrogen-bond acceptors (Lipinski definition) is 14. The molecular weight excluding hydrogens is 592 g/mol. The molecule has 3 heterocycles. The first-order valence-electron chi connectivity index (χ1n) is 13.4. The monoisotopic (exact) mass is 624 g/mol. The molecule has 2 amide bonds. The maximum atomic E-state index is 13.3. The number of nitrogens with zero attached hydrogens (tertiary/aromatic N) is 2. The standard InChI is InChI=1S/C26H32N4O10S2/c1-13(31)8-19(33)37-10-15-11-41-23-20(29-18(32)9-16-12-42-25(27)28-16)22(34)30(23)21(15)24(35)38-14(2)39-26(36)40-17-6-4-3-5-7-17/h12,14,17,20,23H,3-11H2,1-2H3,(H2,27,28)(H,29,32)/t14?,20-,23+/m1/s1. The summed E-state index contributed by atoms with van der Waals surface area (Å²) < 4.78 is 20.9. The summed E-state index contributed by atoms with van der Waals surface area (Å²) in [5.41, 5.74) is 6.14. The average molecular weight is 625 g/mol. The molecule has 0 aromatic carbocycles. The van der Waals surface area contributed by atoms with E-state index in [1.54, 1.807) is 5.38 Å². The summed E-state index contributed by atoms with van der Waals surface area (Å²) in [5.74, 6) is -3.06. The molecule has 16 heteroatoms. The number of thiazole rings is 1. The van der Waals surface area contributed by atoms with E-state index >= 15 is 0 Å². The summed E-state index contributed by atoms with van der Waals surface area (Å²) in [6, 6.07) is -0.928. The first-order valence-corrected chi connectivity index (χ1v) is 15.3. The number of hydrogen-bond donors (Lipinski definition) is 2. The Kier molecular flexibility index (Phi) is 10.4. The van der Waals surface area contributed by atoms with Crippen LogP contribution in [0, 0.1) is 0 Å². The number of anilines is 1. The normalized spacial score (nSPS) is 21.0. The van der Waals surface area contributed by atoms with Gasteiger partial charge in [-0.1, -0.05) is 6.42 Å². The fourth-order valence-electron chi connectivity index (χ4n) is 4.71. The molecule has 228 valence electrons. The zero-order valence-corrected chi connectivity index (χ0v) is 24.8. The minimum absolute atomic E-state index is 0.0806. The highest BCUT2D eigenvalue weighted by molar-refractivity contribution is 8.00. The van der Waals surface area contributed by atoms with E-state index in [0.29, 0.717) is 10.8 Å². The van der Waals surface area contributed by atoms with Gasteiger partial charge in [-0.05, 0) is 32.6 Å². The van der Waals surface area contributed by atoms with Crippen molar-refractivity contribution >= 4 is 63.9 Å². The summed E-state index contributed by atoms with van der Waals surface area (Å²) in [5, 5.41) is 3.98. The molecule has 1 aromatic heterocycles. The van der Waals surface area contributed by atoms with E-state index in [9.17, 15) is 28.8 Å². The van der Waals surface area contributed by atoms with Crippen molar-refractivity contribution in [1.29, 1.82) is 0 Å². The van der Waals surface area contributed by atoms with Crippen LogP contribution in [0.2, 0.25) is 0 Å². The number of carbonyl (C=O) groups excluding carboxylic acids is 6. The van der Waals surface area contributed by atoms with Crippen molar-refractivity contribution in [2.24, 2.45) is 0 Å². The number of ketones is 1. The Bertz CT molecular complexity index is 1280.